The average Bonchev–Trinajstić information content (AvgIpc) is 2.47. The topological polar surface area (TPSA) is 88.3 Å². The number of nitrogens with zero attached hydrogens (tertiary/aromatic N) is 2. The van der Waals surface area contributed by atoms with Crippen molar-refractivity contribution in [3.63, 3.8) is 0 Å². The van der Waals surface area contributed by atoms with E-state index in [9.17, 15) is 8.42 Å². The molecule has 1 aliphatic heterocycles. The maximum Gasteiger partial charge on any atom is 0.171 e. The lowest BCUT2D eigenvalue weighted by molar-refractivity contribution is 0.579. The third-order valence-electron chi connectivity index (χ3n) is 3.08. The highest BCUT2D eigenvalue weighted by molar-refractivity contribution is 8.01. The molecule has 1 unspecified atom stereocenters. The summed E-state index contributed by atoms with van der Waals surface area (Å²) in [6.45, 7) is 2.35. The quantitative estimate of drug-likeness (QED) is 0.624. The molecule has 3 N–H and O–H groups in total. The summed E-state index contributed by atoms with van der Waals surface area (Å²) in [6.07, 6.45) is 0. The summed E-state index contributed by atoms with van der Waals surface area (Å²) in [7, 11) is -3.12. The number of hydrogen-bond acceptors (Lipinski definition) is 7. The number of hydrogen-bond donors (Lipinski definition) is 2. The predicted octanol–water partition coefficient (Wildman–Crippen LogP) is 0.681. The van der Waals surface area contributed by atoms with E-state index in [1.165, 1.54) is 0 Å². The van der Waals surface area contributed by atoms with E-state index >= 15 is 0 Å². The van der Waals surface area contributed by atoms with Gasteiger partial charge in [0.2, 0.25) is 0 Å². The smallest absolute Gasteiger partial charge is 0.171 e. The van der Waals surface area contributed by atoms with Crippen LogP contribution in [0, 0.1) is 0 Å². The fourth-order valence-corrected chi connectivity index (χ4v) is 4.97. The molecule has 1 aromatic rings. The standard InChI is InChI=1S/C11H18N4O2S2/c1-2-19(16,17)11-8-18-7-6-15(11)10-5-3-4-9(13-10)14-12/h3-5,11H,2,6-8,12H2,1H3,(H,13,14). The number of nitrogens with one attached hydrogen (secondary N) is 1. The molecular weight excluding hydrogens is 284 g/mol. The summed E-state index contributed by atoms with van der Waals surface area (Å²) in [5, 5.41) is -0.503. The number of sulfone groups is 1. The molecule has 8 heteroatoms. The number of anilines is 2. The highest BCUT2D eigenvalue weighted by atomic mass is 32.2. The van der Waals surface area contributed by atoms with E-state index in [1.54, 1.807) is 24.8 Å². The Hall–Kier alpha value is -0.990. The van der Waals surface area contributed by atoms with Crippen LogP contribution in [0.2, 0.25) is 0 Å². The SMILES string of the molecule is CCS(=O)(=O)C1CSCCN1c1cccc(NN)n1. The van der Waals surface area contributed by atoms with Crippen molar-refractivity contribution in [2.24, 2.45) is 5.84 Å². The third kappa shape index (κ3) is 3.13. The monoisotopic (exact) mass is 302 g/mol. The summed E-state index contributed by atoms with van der Waals surface area (Å²) in [6, 6.07) is 5.37. The maximum atomic E-state index is 12.2. The number of aromatic nitrogens is 1. The van der Waals surface area contributed by atoms with E-state index < -0.39 is 15.2 Å². The lowest BCUT2D eigenvalue weighted by Gasteiger charge is -2.35. The zero-order valence-electron chi connectivity index (χ0n) is 10.7. The molecule has 0 saturated carbocycles. The fourth-order valence-electron chi connectivity index (χ4n) is 2.00. The van der Waals surface area contributed by atoms with E-state index in [-0.39, 0.29) is 5.75 Å². The normalized spacial score (nSPS) is 20.3. The minimum absolute atomic E-state index is 0.142. The van der Waals surface area contributed by atoms with Crippen molar-refractivity contribution in [1.82, 2.24) is 4.98 Å². The molecule has 1 aliphatic rings. The Morgan fingerprint density at radius 2 is 2.37 bits per heavy atom. The van der Waals surface area contributed by atoms with Gasteiger partial charge >= 0.3 is 0 Å². The lowest BCUT2D eigenvalue weighted by atomic mass is 10.4. The molecule has 0 aromatic carbocycles. The minimum Gasteiger partial charge on any atom is -0.338 e. The second-order valence-electron chi connectivity index (χ2n) is 4.20. The van der Waals surface area contributed by atoms with Crippen LogP contribution in [0.15, 0.2) is 18.2 Å². The first-order valence-corrected chi connectivity index (χ1v) is 8.95. The molecule has 0 radical (unpaired) electrons. The van der Waals surface area contributed by atoms with Crippen molar-refractivity contribution in [3.8, 4) is 0 Å². The van der Waals surface area contributed by atoms with Crippen LogP contribution in [-0.4, -0.2) is 42.6 Å². The molecular formula is C11H18N4O2S2. The predicted molar refractivity (Wildman–Crippen MR) is 80.0 cm³/mol. The van der Waals surface area contributed by atoms with Gasteiger partial charge in [-0.1, -0.05) is 13.0 Å². The average molecular weight is 302 g/mol. The van der Waals surface area contributed by atoms with Gasteiger partial charge in [0, 0.05) is 23.8 Å². The molecule has 1 aromatic heterocycles. The van der Waals surface area contributed by atoms with Crippen LogP contribution < -0.4 is 16.2 Å². The molecule has 6 nitrogen and oxygen atoms in total. The van der Waals surface area contributed by atoms with Crippen molar-refractivity contribution in [1.29, 1.82) is 0 Å². The highest BCUT2D eigenvalue weighted by Crippen LogP contribution is 2.26. The van der Waals surface area contributed by atoms with Gasteiger partial charge in [-0.05, 0) is 12.1 Å². The Morgan fingerprint density at radius 1 is 1.58 bits per heavy atom. The first kappa shape index (κ1) is 14.4. The number of pyridine rings is 1. The van der Waals surface area contributed by atoms with E-state index in [1.807, 2.05) is 17.0 Å². The van der Waals surface area contributed by atoms with Gasteiger partial charge in [-0.2, -0.15) is 11.8 Å². The molecule has 2 rings (SSSR count). The Kier molecular flexibility index (Phi) is 4.54. The summed E-state index contributed by atoms with van der Waals surface area (Å²) in [5.41, 5.74) is 2.48. The van der Waals surface area contributed by atoms with Crippen molar-refractivity contribution in [3.05, 3.63) is 18.2 Å². The molecule has 0 spiro atoms. The van der Waals surface area contributed by atoms with Gasteiger partial charge in [0.25, 0.3) is 0 Å². The summed E-state index contributed by atoms with van der Waals surface area (Å²) in [4.78, 5) is 6.19. The molecule has 0 aliphatic carbocycles. The number of nitrogens with two attached hydrogens (primary N) is 1. The van der Waals surface area contributed by atoms with Gasteiger partial charge in [-0.25, -0.2) is 19.2 Å². The van der Waals surface area contributed by atoms with Crippen molar-refractivity contribution < 1.29 is 8.42 Å². The summed E-state index contributed by atoms with van der Waals surface area (Å²) >= 11 is 1.66. The molecule has 2 heterocycles. The van der Waals surface area contributed by atoms with Crippen LogP contribution in [0.4, 0.5) is 11.6 Å². The molecule has 1 atom stereocenters. The third-order valence-corrected chi connectivity index (χ3v) is 6.37. The lowest BCUT2D eigenvalue weighted by Crippen LogP contribution is -2.48. The van der Waals surface area contributed by atoms with Gasteiger partial charge in [0.05, 0.1) is 0 Å². The molecule has 19 heavy (non-hydrogen) atoms. The van der Waals surface area contributed by atoms with Crippen LogP contribution in [0.1, 0.15) is 6.92 Å². The van der Waals surface area contributed by atoms with E-state index in [2.05, 4.69) is 10.4 Å². The summed E-state index contributed by atoms with van der Waals surface area (Å²) in [5.74, 6) is 8.15. The number of thioether (sulfide) groups is 1. The van der Waals surface area contributed by atoms with Gasteiger partial charge in [-0.15, -0.1) is 0 Å². The van der Waals surface area contributed by atoms with Gasteiger partial charge in [-0.3, -0.25) is 0 Å². The second kappa shape index (κ2) is 5.98. The highest BCUT2D eigenvalue weighted by Gasteiger charge is 2.33. The van der Waals surface area contributed by atoms with Crippen LogP contribution in [0.3, 0.4) is 0 Å². The Morgan fingerprint density at radius 3 is 3.05 bits per heavy atom. The first-order valence-electron chi connectivity index (χ1n) is 6.08. The first-order chi connectivity index (χ1) is 9.08. The molecule has 0 bridgehead atoms. The maximum absolute atomic E-state index is 12.2. The minimum atomic E-state index is -3.12. The Bertz CT molecular complexity index is 535. The fraction of sp³-hybridized carbons (Fsp3) is 0.545. The molecule has 1 fully saturated rings. The largest absolute Gasteiger partial charge is 0.338 e. The number of nitrogen functional groups attached to an aromatic ring is 1. The van der Waals surface area contributed by atoms with Crippen molar-refractivity contribution >= 4 is 33.2 Å². The zero-order valence-corrected chi connectivity index (χ0v) is 12.4. The van der Waals surface area contributed by atoms with E-state index in [0.717, 1.165) is 5.75 Å². The Balaban J connectivity index is 2.34. The van der Waals surface area contributed by atoms with Crippen molar-refractivity contribution in [2.75, 3.05) is 34.1 Å². The molecule has 1 saturated heterocycles. The van der Waals surface area contributed by atoms with Crippen LogP contribution in [-0.2, 0) is 9.84 Å². The Labute approximate surface area is 117 Å². The number of hydrazine groups is 1. The molecule has 0 amide bonds. The van der Waals surface area contributed by atoms with E-state index in [0.29, 0.717) is 23.9 Å². The van der Waals surface area contributed by atoms with Gasteiger partial charge in [0.1, 0.15) is 17.0 Å². The number of rotatable bonds is 4. The van der Waals surface area contributed by atoms with Gasteiger partial charge in [0.15, 0.2) is 9.84 Å². The van der Waals surface area contributed by atoms with Crippen molar-refractivity contribution in [2.45, 2.75) is 12.3 Å². The van der Waals surface area contributed by atoms with Crippen LogP contribution >= 0.6 is 11.8 Å². The molecule has 106 valence electrons. The van der Waals surface area contributed by atoms with Gasteiger partial charge < -0.3 is 10.3 Å². The van der Waals surface area contributed by atoms with Crippen LogP contribution in [0.25, 0.3) is 0 Å². The zero-order chi connectivity index (χ0) is 13.9. The van der Waals surface area contributed by atoms with Crippen LogP contribution in [0.5, 0.6) is 0 Å². The van der Waals surface area contributed by atoms with E-state index in [4.69, 9.17) is 5.84 Å². The summed E-state index contributed by atoms with van der Waals surface area (Å²) < 4.78 is 24.3. The second-order valence-corrected chi connectivity index (χ2v) is 7.80.